The highest BCUT2D eigenvalue weighted by molar-refractivity contribution is 7.89. The van der Waals surface area contributed by atoms with Gasteiger partial charge in [0.25, 0.3) is 0 Å². The average molecular weight is 342 g/mol. The fourth-order valence-electron chi connectivity index (χ4n) is 2.21. The fraction of sp³-hybridized carbons (Fsp3) is 0.333. The van der Waals surface area contributed by atoms with Crippen molar-refractivity contribution in [3.63, 3.8) is 0 Å². The zero-order chi connectivity index (χ0) is 17.2. The highest BCUT2D eigenvalue weighted by atomic mass is 32.2. The predicted molar refractivity (Wildman–Crippen MR) is 80.2 cm³/mol. The van der Waals surface area contributed by atoms with Crippen LogP contribution in [-0.4, -0.2) is 49.2 Å². The minimum absolute atomic E-state index is 0.0144. The van der Waals surface area contributed by atoms with Crippen molar-refractivity contribution in [3.05, 3.63) is 29.3 Å². The Morgan fingerprint density at radius 1 is 1.43 bits per heavy atom. The Morgan fingerprint density at radius 2 is 2.13 bits per heavy atom. The molecule has 0 fully saturated rings. The number of hydrogen-bond donors (Lipinski definition) is 4. The summed E-state index contributed by atoms with van der Waals surface area (Å²) in [5, 5.41) is 26.3. The van der Waals surface area contributed by atoms with Crippen LogP contribution in [0.15, 0.2) is 18.2 Å². The molecule has 0 spiro atoms. The summed E-state index contributed by atoms with van der Waals surface area (Å²) in [5.41, 5.74) is 0.350. The molecule has 1 aromatic carbocycles. The Kier molecular flexibility index (Phi) is 4.92. The first-order valence-electron chi connectivity index (χ1n) is 6.67. The van der Waals surface area contributed by atoms with E-state index in [4.69, 9.17) is 15.0 Å². The first-order valence-corrected chi connectivity index (χ1v) is 8.38. The van der Waals surface area contributed by atoms with Crippen LogP contribution < -0.4 is 15.2 Å². The van der Waals surface area contributed by atoms with Crippen LogP contribution in [0.1, 0.15) is 22.3 Å². The van der Waals surface area contributed by atoms with E-state index in [1.54, 1.807) is 0 Å². The number of benzene rings is 1. The molecule has 0 bridgehead atoms. The highest BCUT2D eigenvalue weighted by Gasteiger charge is 2.36. The maximum absolute atomic E-state index is 11.7. The Labute approximate surface area is 132 Å². The lowest BCUT2D eigenvalue weighted by Crippen LogP contribution is -2.53. The van der Waals surface area contributed by atoms with Gasteiger partial charge in [-0.1, -0.05) is 6.07 Å². The topological polar surface area (TPSA) is 156 Å². The zero-order valence-corrected chi connectivity index (χ0v) is 12.7. The molecule has 0 saturated heterocycles. The molecule has 5 N–H and O–H groups in total. The summed E-state index contributed by atoms with van der Waals surface area (Å²) in [6.07, 6.45) is -1.48. The van der Waals surface area contributed by atoms with Crippen molar-refractivity contribution in [2.24, 2.45) is 5.14 Å². The molecule has 0 saturated carbocycles. The van der Waals surface area contributed by atoms with Gasteiger partial charge in [-0.05, 0) is 18.5 Å². The standard InChI is InChI=1S/C12H15BN2O7S/c14-23(20,21)5-4-10(16)15-12-13(19)6-8-7(11(17)18)2-1-3-9(8)22-12/h1-3,12,19H,4-6H2,(H,15,16)(H,17,18)(H2,14,20,21)/t12-/m1/s1. The van der Waals surface area contributed by atoms with Gasteiger partial charge >= 0.3 is 12.9 Å². The molecule has 9 nitrogen and oxygen atoms in total. The van der Waals surface area contributed by atoms with Crippen molar-refractivity contribution in [1.82, 2.24) is 5.32 Å². The van der Waals surface area contributed by atoms with E-state index in [9.17, 15) is 23.0 Å². The lowest BCUT2D eigenvalue weighted by atomic mass is 9.59. The van der Waals surface area contributed by atoms with Gasteiger partial charge in [-0.3, -0.25) is 4.79 Å². The highest BCUT2D eigenvalue weighted by Crippen LogP contribution is 2.28. The van der Waals surface area contributed by atoms with Crippen LogP contribution in [0.3, 0.4) is 0 Å². The van der Waals surface area contributed by atoms with Crippen LogP contribution in [-0.2, 0) is 21.1 Å². The molecule has 1 aromatic rings. The number of carboxylic acid groups (broad SMARTS) is 1. The van der Waals surface area contributed by atoms with Gasteiger partial charge in [0.1, 0.15) is 5.75 Å². The van der Waals surface area contributed by atoms with E-state index in [0.717, 1.165) is 0 Å². The summed E-state index contributed by atoms with van der Waals surface area (Å²) >= 11 is 0. The number of aromatic carboxylic acids is 1. The van der Waals surface area contributed by atoms with Crippen molar-refractivity contribution < 1.29 is 32.9 Å². The first kappa shape index (κ1) is 17.3. The lowest BCUT2D eigenvalue weighted by Gasteiger charge is -2.29. The van der Waals surface area contributed by atoms with Crippen LogP contribution in [0.25, 0.3) is 0 Å². The second-order valence-electron chi connectivity index (χ2n) is 5.08. The van der Waals surface area contributed by atoms with Crippen molar-refractivity contribution >= 4 is 28.8 Å². The van der Waals surface area contributed by atoms with Gasteiger partial charge in [-0.25, -0.2) is 18.4 Å². The van der Waals surface area contributed by atoms with Crippen molar-refractivity contribution in [3.8, 4) is 5.75 Å². The second-order valence-corrected chi connectivity index (χ2v) is 6.82. The number of rotatable bonds is 5. The van der Waals surface area contributed by atoms with Crippen LogP contribution in [0.5, 0.6) is 5.75 Å². The average Bonchev–Trinajstić information content (AvgIpc) is 2.44. The quantitative estimate of drug-likeness (QED) is 0.475. The molecule has 11 heteroatoms. The van der Waals surface area contributed by atoms with Gasteiger partial charge < -0.3 is 20.2 Å². The third kappa shape index (κ3) is 4.44. The van der Waals surface area contributed by atoms with Gasteiger partial charge in [-0.2, -0.15) is 0 Å². The number of carbonyl (C=O) groups is 2. The molecule has 2 rings (SSSR count). The summed E-state index contributed by atoms with van der Waals surface area (Å²) in [6, 6.07) is 4.40. The third-order valence-corrected chi connectivity index (χ3v) is 4.07. The number of sulfonamides is 1. The minimum atomic E-state index is -3.77. The van der Waals surface area contributed by atoms with E-state index >= 15 is 0 Å². The van der Waals surface area contributed by atoms with Gasteiger partial charge in [0.2, 0.25) is 15.9 Å². The van der Waals surface area contributed by atoms with Crippen molar-refractivity contribution in [2.45, 2.75) is 18.9 Å². The summed E-state index contributed by atoms with van der Waals surface area (Å²) in [6.45, 7) is -1.17. The Balaban J connectivity index is 2.08. The Bertz CT molecular complexity index is 737. The van der Waals surface area contributed by atoms with Gasteiger partial charge in [-0.15, -0.1) is 0 Å². The molecule has 1 atom stereocenters. The number of fused-ring (bicyclic) bond motifs is 1. The van der Waals surface area contributed by atoms with Crippen LogP contribution in [0.4, 0.5) is 0 Å². The molecule has 0 unspecified atom stereocenters. The minimum Gasteiger partial charge on any atom is -0.478 e. The third-order valence-electron chi connectivity index (χ3n) is 3.30. The maximum Gasteiger partial charge on any atom is 0.365 e. The Morgan fingerprint density at radius 3 is 2.74 bits per heavy atom. The van der Waals surface area contributed by atoms with Gasteiger partial charge in [0.15, 0.2) is 6.13 Å². The molecular weight excluding hydrogens is 327 g/mol. The molecular formula is C12H15BN2O7S. The number of nitrogens with one attached hydrogen (secondary N) is 1. The number of primary sulfonamides is 1. The molecule has 23 heavy (non-hydrogen) atoms. The molecule has 1 heterocycles. The molecule has 124 valence electrons. The SMILES string of the molecule is NS(=O)(=O)CCC(=O)N[C@@H]1Oc2cccc(C(=O)O)c2CB1O. The van der Waals surface area contributed by atoms with E-state index in [2.05, 4.69) is 5.32 Å². The van der Waals surface area contributed by atoms with Crippen LogP contribution in [0, 0.1) is 0 Å². The number of carbonyl (C=O) groups excluding carboxylic acids is 1. The first-order chi connectivity index (χ1) is 10.7. The van der Waals surface area contributed by atoms with E-state index in [1.807, 2.05) is 0 Å². The van der Waals surface area contributed by atoms with E-state index in [-0.39, 0.29) is 24.1 Å². The second kappa shape index (κ2) is 6.56. The number of amides is 1. The molecule has 1 aliphatic heterocycles. The van der Waals surface area contributed by atoms with E-state index in [1.165, 1.54) is 18.2 Å². The Hall–Kier alpha value is -2.11. The molecule has 1 aliphatic rings. The largest absolute Gasteiger partial charge is 0.478 e. The fourth-order valence-corrected chi connectivity index (χ4v) is 2.68. The molecule has 0 aliphatic carbocycles. The van der Waals surface area contributed by atoms with E-state index < -0.39 is 40.7 Å². The molecule has 0 aromatic heterocycles. The summed E-state index contributed by atoms with van der Waals surface area (Å²) in [7, 11) is -3.77. The lowest BCUT2D eigenvalue weighted by molar-refractivity contribution is -0.122. The molecule has 1 amide bonds. The monoisotopic (exact) mass is 342 g/mol. The normalized spacial score (nSPS) is 17.1. The summed E-state index contributed by atoms with van der Waals surface area (Å²) in [5.74, 6) is -2.08. The number of hydrogen-bond acceptors (Lipinski definition) is 6. The van der Waals surface area contributed by atoms with Crippen molar-refractivity contribution in [1.29, 1.82) is 0 Å². The van der Waals surface area contributed by atoms with Gasteiger partial charge in [0, 0.05) is 12.0 Å². The number of carboxylic acids is 1. The maximum atomic E-state index is 11.7. The smallest absolute Gasteiger partial charge is 0.365 e. The number of ether oxygens (including phenoxy) is 1. The zero-order valence-electron chi connectivity index (χ0n) is 11.9. The van der Waals surface area contributed by atoms with E-state index in [0.29, 0.717) is 5.56 Å². The van der Waals surface area contributed by atoms with Gasteiger partial charge in [0.05, 0.1) is 11.3 Å². The molecule has 0 radical (unpaired) electrons. The van der Waals surface area contributed by atoms with Crippen molar-refractivity contribution in [2.75, 3.05) is 5.75 Å². The van der Waals surface area contributed by atoms with Crippen LogP contribution in [0.2, 0.25) is 0 Å². The van der Waals surface area contributed by atoms with Crippen LogP contribution >= 0.6 is 0 Å². The number of nitrogens with two attached hydrogens (primary N) is 1. The summed E-state index contributed by atoms with van der Waals surface area (Å²) in [4.78, 5) is 22.8. The summed E-state index contributed by atoms with van der Waals surface area (Å²) < 4.78 is 27.0. The predicted octanol–water partition coefficient (Wildman–Crippen LogP) is -1.50.